The van der Waals surface area contributed by atoms with Crippen molar-refractivity contribution in [2.75, 3.05) is 38.7 Å². The lowest BCUT2D eigenvalue weighted by atomic mass is 9.90. The number of nitro benzene ring substituents is 1. The highest BCUT2D eigenvalue weighted by atomic mass is 16.6. The maximum Gasteiger partial charge on any atom is 0.292 e. The number of methoxy groups -OCH3 is 1. The standard InChI is InChI=1S/C21H33N3O4/c1-16-3-8-21(24(25)26)20(15-16)22-17-9-11-23(12-10-17)18-4-6-19(7-5-18)28-14-13-27-2/h3,8,15,17-19,22H,4-7,9-14H2,1-2H3. The number of nitro groups is 1. The van der Waals surface area contributed by atoms with Crippen LogP contribution in [0.4, 0.5) is 11.4 Å². The number of rotatable bonds is 8. The molecule has 0 bridgehead atoms. The Labute approximate surface area is 167 Å². The molecule has 0 unspecified atom stereocenters. The minimum atomic E-state index is -0.302. The number of likely N-dealkylation sites (tertiary alicyclic amines) is 1. The van der Waals surface area contributed by atoms with Crippen LogP contribution in [0, 0.1) is 17.0 Å². The van der Waals surface area contributed by atoms with Crippen LogP contribution < -0.4 is 5.32 Å². The van der Waals surface area contributed by atoms with Gasteiger partial charge in [-0.25, -0.2) is 0 Å². The highest BCUT2D eigenvalue weighted by Gasteiger charge is 2.29. The number of aryl methyl sites for hydroxylation is 1. The summed E-state index contributed by atoms with van der Waals surface area (Å²) in [4.78, 5) is 13.6. The van der Waals surface area contributed by atoms with Gasteiger partial charge >= 0.3 is 0 Å². The first-order valence-corrected chi connectivity index (χ1v) is 10.4. The molecule has 7 nitrogen and oxygen atoms in total. The highest BCUT2D eigenvalue weighted by molar-refractivity contribution is 5.63. The van der Waals surface area contributed by atoms with Crippen LogP contribution in [0.2, 0.25) is 0 Å². The molecule has 1 saturated carbocycles. The average molecular weight is 392 g/mol. The number of nitrogens with one attached hydrogen (secondary N) is 1. The van der Waals surface area contributed by atoms with Crippen LogP contribution in [0.5, 0.6) is 0 Å². The molecule has 0 aromatic heterocycles. The van der Waals surface area contributed by atoms with Gasteiger partial charge in [-0.15, -0.1) is 0 Å². The van der Waals surface area contributed by atoms with Crippen LogP contribution in [0.25, 0.3) is 0 Å². The highest BCUT2D eigenvalue weighted by Crippen LogP contribution is 2.30. The van der Waals surface area contributed by atoms with Gasteiger partial charge in [-0.1, -0.05) is 6.07 Å². The quantitative estimate of drug-likeness (QED) is 0.413. The summed E-state index contributed by atoms with van der Waals surface area (Å²) in [5.74, 6) is 0. The van der Waals surface area contributed by atoms with Gasteiger partial charge in [0.1, 0.15) is 5.69 Å². The van der Waals surface area contributed by atoms with E-state index in [1.165, 1.54) is 12.8 Å². The van der Waals surface area contributed by atoms with Gasteiger partial charge in [0, 0.05) is 38.3 Å². The monoisotopic (exact) mass is 391 g/mol. The molecule has 1 heterocycles. The van der Waals surface area contributed by atoms with E-state index in [1.54, 1.807) is 19.2 Å². The van der Waals surface area contributed by atoms with Crippen LogP contribution in [-0.4, -0.2) is 61.4 Å². The summed E-state index contributed by atoms with van der Waals surface area (Å²) in [6.45, 7) is 5.43. The zero-order valence-electron chi connectivity index (χ0n) is 17.1. The molecule has 0 atom stereocenters. The van der Waals surface area contributed by atoms with E-state index in [0.717, 1.165) is 44.3 Å². The van der Waals surface area contributed by atoms with Crippen molar-refractivity contribution in [2.24, 2.45) is 0 Å². The van der Waals surface area contributed by atoms with Crippen LogP contribution in [-0.2, 0) is 9.47 Å². The normalized spacial score (nSPS) is 24.2. The van der Waals surface area contributed by atoms with Crippen molar-refractivity contribution in [3.63, 3.8) is 0 Å². The van der Waals surface area contributed by atoms with Crippen LogP contribution >= 0.6 is 0 Å². The van der Waals surface area contributed by atoms with Crippen molar-refractivity contribution in [3.05, 3.63) is 33.9 Å². The molecule has 2 aliphatic rings. The summed E-state index contributed by atoms with van der Waals surface area (Å²) in [6, 6.07) is 6.22. The molecule has 156 valence electrons. The van der Waals surface area contributed by atoms with Crippen molar-refractivity contribution in [2.45, 2.75) is 63.6 Å². The molecule has 1 N–H and O–H groups in total. The van der Waals surface area contributed by atoms with Crippen molar-refractivity contribution in [1.29, 1.82) is 0 Å². The summed E-state index contributed by atoms with van der Waals surface area (Å²) in [6.07, 6.45) is 7.07. The van der Waals surface area contributed by atoms with Gasteiger partial charge in [0.05, 0.1) is 24.2 Å². The third-order valence-corrected chi connectivity index (χ3v) is 6.04. The maximum atomic E-state index is 11.3. The third kappa shape index (κ3) is 5.65. The Morgan fingerprint density at radius 2 is 1.86 bits per heavy atom. The molecule has 1 saturated heterocycles. The number of hydrogen-bond donors (Lipinski definition) is 1. The summed E-state index contributed by atoms with van der Waals surface area (Å²) in [5.41, 5.74) is 1.85. The lowest BCUT2D eigenvalue weighted by Crippen LogP contribution is -2.46. The minimum absolute atomic E-state index is 0.167. The zero-order valence-corrected chi connectivity index (χ0v) is 17.1. The Kier molecular flexibility index (Phi) is 7.65. The maximum absolute atomic E-state index is 11.3. The smallest absolute Gasteiger partial charge is 0.292 e. The SMILES string of the molecule is COCCOC1CCC(N2CCC(Nc3cc(C)ccc3[N+](=O)[O-])CC2)CC1. The summed E-state index contributed by atoms with van der Waals surface area (Å²) < 4.78 is 10.9. The zero-order chi connectivity index (χ0) is 19.9. The molecule has 0 amide bonds. The van der Waals surface area contributed by atoms with Gasteiger partial charge in [-0.05, 0) is 57.1 Å². The third-order valence-electron chi connectivity index (χ3n) is 6.04. The molecule has 1 aliphatic heterocycles. The second kappa shape index (κ2) is 10.2. The van der Waals surface area contributed by atoms with E-state index in [1.807, 2.05) is 13.0 Å². The number of benzene rings is 1. The van der Waals surface area contributed by atoms with Crippen molar-refractivity contribution >= 4 is 11.4 Å². The first-order valence-electron chi connectivity index (χ1n) is 10.4. The fourth-order valence-corrected chi connectivity index (χ4v) is 4.43. The molecular weight excluding hydrogens is 358 g/mol. The first-order chi connectivity index (χ1) is 13.6. The molecule has 28 heavy (non-hydrogen) atoms. The fourth-order valence-electron chi connectivity index (χ4n) is 4.43. The summed E-state index contributed by atoms with van der Waals surface area (Å²) in [5, 5.41) is 14.7. The number of nitrogens with zero attached hydrogens (tertiary/aromatic N) is 2. The number of piperidine rings is 1. The average Bonchev–Trinajstić information content (AvgIpc) is 2.69. The lowest BCUT2D eigenvalue weighted by Gasteiger charge is -2.41. The predicted octanol–water partition coefficient (Wildman–Crippen LogP) is 3.75. The molecule has 0 spiro atoms. The Morgan fingerprint density at radius 1 is 1.14 bits per heavy atom. The van der Waals surface area contributed by atoms with Gasteiger partial charge in [-0.3, -0.25) is 10.1 Å². The first kappa shape index (κ1) is 21.0. The van der Waals surface area contributed by atoms with Crippen LogP contribution in [0.15, 0.2) is 18.2 Å². The fraction of sp³-hybridized carbons (Fsp3) is 0.714. The van der Waals surface area contributed by atoms with Gasteiger partial charge in [0.15, 0.2) is 0 Å². The molecular formula is C21H33N3O4. The molecule has 2 fully saturated rings. The van der Waals surface area contributed by atoms with E-state index in [-0.39, 0.29) is 10.6 Å². The topological polar surface area (TPSA) is 76.9 Å². The predicted molar refractivity (Wildman–Crippen MR) is 110 cm³/mol. The second-order valence-electron chi connectivity index (χ2n) is 8.03. The van der Waals surface area contributed by atoms with Gasteiger partial charge in [0.25, 0.3) is 5.69 Å². The minimum Gasteiger partial charge on any atom is -0.382 e. The van der Waals surface area contributed by atoms with E-state index >= 15 is 0 Å². The second-order valence-corrected chi connectivity index (χ2v) is 8.03. The van der Waals surface area contributed by atoms with E-state index in [4.69, 9.17) is 9.47 Å². The van der Waals surface area contributed by atoms with Crippen molar-refractivity contribution < 1.29 is 14.4 Å². The number of ether oxygens (including phenoxy) is 2. The Morgan fingerprint density at radius 3 is 2.50 bits per heavy atom. The Balaban J connectivity index is 1.44. The Bertz CT molecular complexity index is 639. The summed E-state index contributed by atoms with van der Waals surface area (Å²) >= 11 is 0. The van der Waals surface area contributed by atoms with E-state index < -0.39 is 0 Å². The number of anilines is 1. The molecule has 3 rings (SSSR count). The molecule has 1 aliphatic carbocycles. The van der Waals surface area contributed by atoms with Gasteiger partial charge in [0.2, 0.25) is 0 Å². The van der Waals surface area contributed by atoms with Crippen LogP contribution in [0.3, 0.4) is 0 Å². The van der Waals surface area contributed by atoms with Crippen molar-refractivity contribution in [1.82, 2.24) is 4.90 Å². The van der Waals surface area contributed by atoms with E-state index in [9.17, 15) is 10.1 Å². The van der Waals surface area contributed by atoms with Gasteiger partial charge in [-0.2, -0.15) is 0 Å². The molecule has 0 radical (unpaired) electrons. The van der Waals surface area contributed by atoms with E-state index in [2.05, 4.69) is 10.2 Å². The molecule has 1 aromatic rings. The largest absolute Gasteiger partial charge is 0.382 e. The summed E-state index contributed by atoms with van der Waals surface area (Å²) in [7, 11) is 1.70. The molecule has 7 heteroatoms. The van der Waals surface area contributed by atoms with E-state index in [0.29, 0.717) is 37.1 Å². The number of hydrogen-bond acceptors (Lipinski definition) is 6. The Hall–Kier alpha value is -1.70. The molecule has 1 aromatic carbocycles. The van der Waals surface area contributed by atoms with Gasteiger partial charge < -0.3 is 19.7 Å². The van der Waals surface area contributed by atoms with Crippen LogP contribution in [0.1, 0.15) is 44.1 Å². The lowest BCUT2D eigenvalue weighted by molar-refractivity contribution is -0.384. The van der Waals surface area contributed by atoms with Crippen molar-refractivity contribution in [3.8, 4) is 0 Å².